The number of nitrogens with zero attached hydrogens (tertiary/aromatic N) is 1. The molecule has 18 heavy (non-hydrogen) atoms. The number of pyridine rings is 1. The average molecular weight is 242 g/mol. The zero-order valence-corrected chi connectivity index (χ0v) is 10.1. The molecule has 1 aromatic carbocycles. The van der Waals surface area contributed by atoms with Crippen molar-refractivity contribution in [3.8, 4) is 0 Å². The van der Waals surface area contributed by atoms with Crippen molar-refractivity contribution in [3.05, 3.63) is 42.2 Å². The maximum Gasteiger partial charge on any atom is 0.227 e. The van der Waals surface area contributed by atoms with Crippen molar-refractivity contribution in [2.45, 2.75) is 13.3 Å². The normalized spacial score (nSPS) is 10.3. The average Bonchev–Trinajstić information content (AvgIpc) is 2.38. The van der Waals surface area contributed by atoms with Gasteiger partial charge in [0.2, 0.25) is 5.91 Å². The van der Waals surface area contributed by atoms with E-state index in [9.17, 15) is 9.59 Å². The second kappa shape index (κ2) is 5.40. The van der Waals surface area contributed by atoms with Crippen LogP contribution >= 0.6 is 0 Å². The fraction of sp³-hybridized carbons (Fsp3) is 0.214. The number of Topliss-reactive ketones (excluding diaryl/α,β-unsaturated/α-hetero) is 1. The number of hydrogen-bond acceptors (Lipinski definition) is 3. The lowest BCUT2D eigenvalue weighted by Crippen LogP contribution is -2.25. The van der Waals surface area contributed by atoms with Gasteiger partial charge in [0.25, 0.3) is 0 Å². The summed E-state index contributed by atoms with van der Waals surface area (Å²) in [4.78, 5) is 27.3. The molecule has 1 N–H and O–H groups in total. The van der Waals surface area contributed by atoms with E-state index >= 15 is 0 Å². The molecule has 0 fully saturated rings. The molecule has 2 rings (SSSR count). The van der Waals surface area contributed by atoms with E-state index < -0.39 is 0 Å². The highest BCUT2D eigenvalue weighted by molar-refractivity contribution is 6.07. The van der Waals surface area contributed by atoms with E-state index in [1.54, 1.807) is 12.3 Å². The molecule has 4 heteroatoms. The first-order valence-corrected chi connectivity index (χ1v) is 5.85. The van der Waals surface area contributed by atoms with Gasteiger partial charge < -0.3 is 5.32 Å². The standard InChI is InChI=1S/C14H14N2O2/c1-2-15-14(18)8-13(17)12-7-10-5-3-4-6-11(10)9-16-12/h3-7,9H,2,8H2,1H3,(H,15,18). The van der Waals surface area contributed by atoms with E-state index in [0.29, 0.717) is 12.2 Å². The van der Waals surface area contributed by atoms with Crippen LogP contribution in [0.2, 0.25) is 0 Å². The number of benzene rings is 1. The van der Waals surface area contributed by atoms with Crippen molar-refractivity contribution < 1.29 is 9.59 Å². The molecular formula is C14H14N2O2. The smallest absolute Gasteiger partial charge is 0.227 e. The number of nitrogens with one attached hydrogen (secondary N) is 1. The van der Waals surface area contributed by atoms with Gasteiger partial charge in [-0.1, -0.05) is 24.3 Å². The molecule has 0 bridgehead atoms. The highest BCUT2D eigenvalue weighted by atomic mass is 16.2. The predicted molar refractivity (Wildman–Crippen MR) is 69.4 cm³/mol. The topological polar surface area (TPSA) is 59.1 Å². The lowest BCUT2D eigenvalue weighted by Gasteiger charge is -2.03. The van der Waals surface area contributed by atoms with Gasteiger partial charge in [0.05, 0.1) is 6.42 Å². The van der Waals surface area contributed by atoms with Crippen LogP contribution < -0.4 is 5.32 Å². The summed E-state index contributed by atoms with van der Waals surface area (Å²) in [7, 11) is 0. The molecular weight excluding hydrogens is 228 g/mol. The molecule has 0 aliphatic rings. The third-order valence-electron chi connectivity index (χ3n) is 2.61. The summed E-state index contributed by atoms with van der Waals surface area (Å²) in [6.07, 6.45) is 1.50. The third kappa shape index (κ3) is 2.71. The molecule has 2 aromatic rings. The van der Waals surface area contributed by atoms with Gasteiger partial charge in [-0.25, -0.2) is 0 Å². The Morgan fingerprint density at radius 3 is 2.67 bits per heavy atom. The van der Waals surface area contributed by atoms with Gasteiger partial charge in [-0.3, -0.25) is 14.6 Å². The van der Waals surface area contributed by atoms with Gasteiger partial charge in [0.1, 0.15) is 5.69 Å². The van der Waals surface area contributed by atoms with Gasteiger partial charge in [-0.15, -0.1) is 0 Å². The molecule has 92 valence electrons. The molecule has 0 atom stereocenters. The molecule has 1 amide bonds. The highest BCUT2D eigenvalue weighted by Crippen LogP contribution is 2.14. The number of carbonyl (C=O) groups excluding carboxylic acids is 2. The van der Waals surface area contributed by atoms with E-state index in [0.717, 1.165) is 10.8 Å². The number of rotatable bonds is 4. The van der Waals surface area contributed by atoms with Crippen LogP contribution in [0.3, 0.4) is 0 Å². The van der Waals surface area contributed by atoms with Crippen LogP contribution in [0.25, 0.3) is 10.8 Å². The van der Waals surface area contributed by atoms with Crippen LogP contribution in [0.4, 0.5) is 0 Å². The van der Waals surface area contributed by atoms with Gasteiger partial charge >= 0.3 is 0 Å². The molecule has 0 spiro atoms. The number of carbonyl (C=O) groups is 2. The number of fused-ring (bicyclic) bond motifs is 1. The summed E-state index contributed by atoms with van der Waals surface area (Å²) in [6, 6.07) is 9.39. The monoisotopic (exact) mass is 242 g/mol. The Labute approximate surface area is 105 Å². The molecule has 0 radical (unpaired) electrons. The Hall–Kier alpha value is -2.23. The van der Waals surface area contributed by atoms with Crippen molar-refractivity contribution in [2.75, 3.05) is 6.54 Å². The van der Waals surface area contributed by atoms with Crippen LogP contribution in [0.15, 0.2) is 36.5 Å². The second-order valence-corrected chi connectivity index (χ2v) is 3.97. The van der Waals surface area contributed by atoms with E-state index in [1.807, 2.05) is 31.2 Å². The maximum absolute atomic E-state index is 11.9. The fourth-order valence-corrected chi connectivity index (χ4v) is 1.73. The van der Waals surface area contributed by atoms with Crippen molar-refractivity contribution in [2.24, 2.45) is 0 Å². The fourth-order valence-electron chi connectivity index (χ4n) is 1.73. The quantitative estimate of drug-likeness (QED) is 0.658. The van der Waals surface area contributed by atoms with E-state index in [4.69, 9.17) is 0 Å². The predicted octanol–water partition coefficient (Wildman–Crippen LogP) is 1.94. The summed E-state index contributed by atoms with van der Waals surface area (Å²) < 4.78 is 0. The van der Waals surface area contributed by atoms with Crippen LogP contribution in [-0.2, 0) is 4.79 Å². The number of amides is 1. The lowest BCUT2D eigenvalue weighted by atomic mass is 10.1. The summed E-state index contributed by atoms with van der Waals surface area (Å²) in [5, 5.41) is 4.53. The van der Waals surface area contributed by atoms with Gasteiger partial charge in [0.15, 0.2) is 5.78 Å². The SMILES string of the molecule is CCNC(=O)CC(=O)c1cc2ccccc2cn1. The molecule has 0 aliphatic carbocycles. The van der Waals surface area contributed by atoms with Crippen molar-refractivity contribution >= 4 is 22.5 Å². The zero-order chi connectivity index (χ0) is 13.0. The molecule has 1 heterocycles. The Balaban J connectivity index is 2.20. The van der Waals surface area contributed by atoms with E-state index in [1.165, 1.54) is 0 Å². The first-order valence-electron chi connectivity index (χ1n) is 5.85. The number of ketones is 1. The van der Waals surface area contributed by atoms with Crippen molar-refractivity contribution in [3.63, 3.8) is 0 Å². The van der Waals surface area contributed by atoms with Crippen LogP contribution in [0.1, 0.15) is 23.8 Å². The Kier molecular flexibility index (Phi) is 3.67. The Morgan fingerprint density at radius 2 is 1.94 bits per heavy atom. The van der Waals surface area contributed by atoms with Crippen LogP contribution in [-0.4, -0.2) is 23.2 Å². The largest absolute Gasteiger partial charge is 0.356 e. The Bertz CT molecular complexity index is 593. The van der Waals surface area contributed by atoms with Gasteiger partial charge in [0, 0.05) is 18.1 Å². The highest BCUT2D eigenvalue weighted by Gasteiger charge is 2.12. The summed E-state index contributed by atoms with van der Waals surface area (Å²) in [5.74, 6) is -0.524. The molecule has 0 aliphatic heterocycles. The van der Waals surface area contributed by atoms with E-state index in [2.05, 4.69) is 10.3 Å². The van der Waals surface area contributed by atoms with Crippen molar-refractivity contribution in [1.29, 1.82) is 0 Å². The van der Waals surface area contributed by atoms with Crippen molar-refractivity contribution in [1.82, 2.24) is 10.3 Å². The minimum Gasteiger partial charge on any atom is -0.356 e. The maximum atomic E-state index is 11.9. The number of aromatic nitrogens is 1. The third-order valence-corrected chi connectivity index (χ3v) is 2.61. The van der Waals surface area contributed by atoms with Crippen LogP contribution in [0, 0.1) is 0 Å². The summed E-state index contributed by atoms with van der Waals surface area (Å²) in [5.41, 5.74) is 0.333. The zero-order valence-electron chi connectivity index (χ0n) is 10.1. The molecule has 0 saturated heterocycles. The Morgan fingerprint density at radius 1 is 1.22 bits per heavy atom. The molecule has 4 nitrogen and oxygen atoms in total. The number of hydrogen-bond donors (Lipinski definition) is 1. The first-order chi connectivity index (χ1) is 8.70. The first kappa shape index (κ1) is 12.2. The van der Waals surface area contributed by atoms with Gasteiger partial charge in [-0.05, 0) is 18.4 Å². The van der Waals surface area contributed by atoms with Crippen LogP contribution in [0.5, 0.6) is 0 Å². The second-order valence-electron chi connectivity index (χ2n) is 3.97. The van der Waals surface area contributed by atoms with E-state index in [-0.39, 0.29) is 18.1 Å². The van der Waals surface area contributed by atoms with Gasteiger partial charge in [-0.2, -0.15) is 0 Å². The summed E-state index contributed by atoms with van der Waals surface area (Å²) >= 11 is 0. The molecule has 0 unspecified atom stereocenters. The minimum absolute atomic E-state index is 0.154. The summed E-state index contributed by atoms with van der Waals surface area (Å²) in [6.45, 7) is 2.34. The molecule has 0 saturated carbocycles. The molecule has 1 aromatic heterocycles. The lowest BCUT2D eigenvalue weighted by molar-refractivity contribution is -0.120. The minimum atomic E-state index is -0.266.